The number of nitrogens with zero attached hydrogens (tertiary/aromatic N) is 2. The van der Waals surface area contributed by atoms with Crippen molar-refractivity contribution < 1.29 is 14.0 Å². The van der Waals surface area contributed by atoms with Crippen LogP contribution in [0.25, 0.3) is 0 Å². The highest BCUT2D eigenvalue weighted by Crippen LogP contribution is 2.22. The minimum Gasteiger partial charge on any atom is -0.341 e. The Morgan fingerprint density at radius 2 is 1.80 bits per heavy atom. The second kappa shape index (κ2) is 7.82. The van der Waals surface area contributed by atoms with Crippen LogP contribution in [0.15, 0.2) is 24.3 Å². The molecule has 2 unspecified atom stereocenters. The lowest BCUT2D eigenvalue weighted by atomic mass is 9.95. The quantitative estimate of drug-likeness (QED) is 0.858. The van der Waals surface area contributed by atoms with Gasteiger partial charge < -0.3 is 20.9 Å². The van der Waals surface area contributed by atoms with Gasteiger partial charge in [0.25, 0.3) is 0 Å². The van der Waals surface area contributed by atoms with Gasteiger partial charge in [0.1, 0.15) is 5.82 Å². The molecule has 7 heteroatoms. The summed E-state index contributed by atoms with van der Waals surface area (Å²) in [4.78, 5) is 28.6. The predicted octanol–water partition coefficient (Wildman–Crippen LogP) is 2.02. The summed E-state index contributed by atoms with van der Waals surface area (Å²) in [5, 5.41) is 2.59. The average molecular weight is 348 g/mol. The van der Waals surface area contributed by atoms with E-state index in [9.17, 15) is 14.0 Å². The van der Waals surface area contributed by atoms with Crippen LogP contribution in [0.2, 0.25) is 0 Å². The van der Waals surface area contributed by atoms with Crippen LogP contribution in [0.5, 0.6) is 0 Å². The van der Waals surface area contributed by atoms with Gasteiger partial charge in [-0.05, 0) is 37.8 Å². The molecule has 0 spiro atoms. The number of benzene rings is 1. The molecule has 25 heavy (non-hydrogen) atoms. The number of hydrogen-bond acceptors (Lipinski definition) is 3. The van der Waals surface area contributed by atoms with Gasteiger partial charge in [-0.15, -0.1) is 0 Å². The number of para-hydroxylation sites is 1. The van der Waals surface area contributed by atoms with Crippen molar-refractivity contribution in [1.29, 1.82) is 0 Å². The third kappa shape index (κ3) is 4.28. The van der Waals surface area contributed by atoms with Gasteiger partial charge >= 0.3 is 6.03 Å². The van der Waals surface area contributed by atoms with Gasteiger partial charge in [-0.2, -0.15) is 0 Å². The highest BCUT2D eigenvalue weighted by Gasteiger charge is 2.32. The van der Waals surface area contributed by atoms with Crippen LogP contribution in [0, 0.1) is 11.7 Å². The highest BCUT2D eigenvalue weighted by atomic mass is 19.1. The highest BCUT2D eigenvalue weighted by molar-refractivity contribution is 5.90. The summed E-state index contributed by atoms with van der Waals surface area (Å²) < 4.78 is 13.7. The molecule has 0 aliphatic carbocycles. The summed E-state index contributed by atoms with van der Waals surface area (Å²) in [5.41, 5.74) is 6.12. The van der Waals surface area contributed by atoms with Crippen molar-refractivity contribution in [2.24, 2.45) is 11.7 Å². The van der Waals surface area contributed by atoms with Crippen LogP contribution in [-0.2, 0) is 4.79 Å². The fourth-order valence-electron chi connectivity index (χ4n) is 3.59. The van der Waals surface area contributed by atoms with Crippen molar-refractivity contribution in [2.75, 3.05) is 31.5 Å². The monoisotopic (exact) mass is 348 g/mol. The third-order valence-electron chi connectivity index (χ3n) is 4.94. The molecule has 0 bridgehead atoms. The minimum absolute atomic E-state index is 0.0433. The van der Waals surface area contributed by atoms with Crippen molar-refractivity contribution >= 4 is 17.6 Å². The molecule has 2 heterocycles. The van der Waals surface area contributed by atoms with E-state index in [0.717, 1.165) is 32.2 Å². The van der Waals surface area contributed by atoms with Gasteiger partial charge in [0.05, 0.1) is 11.6 Å². The standard InChI is InChI=1S/C18H25FN4O2/c19-15-7-1-2-8-16(15)21-18(25)23-10-3-5-13(11-23)17(24)22-9-4-6-14(20)12-22/h1-2,7-8,13-14H,3-6,9-12,20H2,(H,21,25). The van der Waals surface area contributed by atoms with E-state index >= 15 is 0 Å². The van der Waals surface area contributed by atoms with Crippen LogP contribution in [-0.4, -0.2) is 54.0 Å². The fraction of sp³-hybridized carbons (Fsp3) is 0.556. The van der Waals surface area contributed by atoms with Gasteiger partial charge in [-0.25, -0.2) is 9.18 Å². The van der Waals surface area contributed by atoms with Crippen LogP contribution in [0.4, 0.5) is 14.9 Å². The maximum Gasteiger partial charge on any atom is 0.321 e. The maximum atomic E-state index is 13.7. The zero-order chi connectivity index (χ0) is 17.8. The number of nitrogens with one attached hydrogen (secondary N) is 1. The molecule has 2 atom stereocenters. The summed E-state index contributed by atoms with van der Waals surface area (Å²) in [6, 6.07) is 5.75. The van der Waals surface area contributed by atoms with Gasteiger partial charge in [0.15, 0.2) is 0 Å². The first kappa shape index (κ1) is 17.7. The number of carbonyl (C=O) groups excluding carboxylic acids is 2. The van der Waals surface area contributed by atoms with E-state index in [0.29, 0.717) is 19.6 Å². The molecule has 136 valence electrons. The van der Waals surface area contributed by atoms with Crippen molar-refractivity contribution in [3.63, 3.8) is 0 Å². The number of rotatable bonds is 2. The Balaban J connectivity index is 1.59. The molecule has 1 aromatic carbocycles. The van der Waals surface area contributed by atoms with E-state index in [2.05, 4.69) is 5.32 Å². The third-order valence-corrected chi connectivity index (χ3v) is 4.94. The van der Waals surface area contributed by atoms with E-state index in [1.165, 1.54) is 12.1 Å². The number of carbonyl (C=O) groups is 2. The molecule has 6 nitrogen and oxygen atoms in total. The Morgan fingerprint density at radius 1 is 1.08 bits per heavy atom. The normalized spacial score (nSPS) is 24.1. The Morgan fingerprint density at radius 3 is 2.56 bits per heavy atom. The van der Waals surface area contributed by atoms with Crippen LogP contribution >= 0.6 is 0 Å². The lowest BCUT2D eigenvalue weighted by Gasteiger charge is -2.37. The Bertz CT molecular complexity index is 639. The Kier molecular flexibility index (Phi) is 5.53. The molecular weight excluding hydrogens is 323 g/mol. The summed E-state index contributed by atoms with van der Waals surface area (Å²) in [6.07, 6.45) is 3.41. The molecule has 3 N–H and O–H groups in total. The number of amides is 3. The first-order valence-electron chi connectivity index (χ1n) is 8.89. The largest absolute Gasteiger partial charge is 0.341 e. The molecule has 1 aromatic rings. The minimum atomic E-state index is -0.470. The number of hydrogen-bond donors (Lipinski definition) is 2. The maximum absolute atomic E-state index is 13.7. The van der Waals surface area contributed by atoms with Crippen molar-refractivity contribution in [2.45, 2.75) is 31.7 Å². The zero-order valence-electron chi connectivity index (χ0n) is 14.3. The van der Waals surface area contributed by atoms with Gasteiger partial charge in [0.2, 0.25) is 5.91 Å². The summed E-state index contributed by atoms with van der Waals surface area (Å²) in [7, 11) is 0. The second-order valence-electron chi connectivity index (χ2n) is 6.88. The van der Waals surface area contributed by atoms with E-state index < -0.39 is 5.82 Å². The predicted molar refractivity (Wildman–Crippen MR) is 93.5 cm³/mol. The van der Waals surface area contributed by atoms with Crippen LogP contribution < -0.4 is 11.1 Å². The summed E-state index contributed by atoms with van der Waals surface area (Å²) >= 11 is 0. The fourth-order valence-corrected chi connectivity index (χ4v) is 3.59. The van der Waals surface area contributed by atoms with Crippen molar-refractivity contribution in [3.05, 3.63) is 30.1 Å². The van der Waals surface area contributed by atoms with E-state index in [-0.39, 0.29) is 29.6 Å². The molecule has 3 rings (SSSR count). The topological polar surface area (TPSA) is 78.7 Å². The van der Waals surface area contributed by atoms with Crippen molar-refractivity contribution in [1.82, 2.24) is 9.80 Å². The molecule has 0 saturated carbocycles. The molecule has 2 aliphatic heterocycles. The molecule has 2 fully saturated rings. The van der Waals surface area contributed by atoms with Gasteiger partial charge in [-0.3, -0.25) is 4.79 Å². The molecule has 3 amide bonds. The number of urea groups is 1. The number of halogens is 1. The summed E-state index contributed by atoms with van der Waals surface area (Å²) in [5.74, 6) is -0.591. The van der Waals surface area contributed by atoms with Crippen LogP contribution in [0.3, 0.4) is 0 Å². The average Bonchev–Trinajstić information content (AvgIpc) is 2.63. The van der Waals surface area contributed by atoms with E-state index in [1.54, 1.807) is 17.0 Å². The Labute approximate surface area is 147 Å². The molecule has 2 saturated heterocycles. The van der Waals surface area contributed by atoms with Crippen LogP contribution in [0.1, 0.15) is 25.7 Å². The Hall–Kier alpha value is -2.15. The van der Waals surface area contributed by atoms with Gasteiger partial charge in [-0.1, -0.05) is 12.1 Å². The van der Waals surface area contributed by atoms with E-state index in [1.807, 2.05) is 4.90 Å². The molecule has 0 radical (unpaired) electrons. The van der Waals surface area contributed by atoms with Crippen molar-refractivity contribution in [3.8, 4) is 0 Å². The molecular formula is C18H25FN4O2. The second-order valence-corrected chi connectivity index (χ2v) is 6.88. The lowest BCUT2D eigenvalue weighted by Crippen LogP contribution is -2.52. The summed E-state index contributed by atoms with van der Waals surface area (Å²) in [6.45, 7) is 2.27. The number of nitrogens with two attached hydrogens (primary N) is 1. The smallest absolute Gasteiger partial charge is 0.321 e. The number of piperidine rings is 2. The molecule has 0 aromatic heterocycles. The number of anilines is 1. The lowest BCUT2D eigenvalue weighted by molar-refractivity contribution is -0.138. The first-order chi connectivity index (χ1) is 12.0. The van der Waals surface area contributed by atoms with E-state index in [4.69, 9.17) is 5.73 Å². The molecule has 2 aliphatic rings. The SMILES string of the molecule is NC1CCCN(C(=O)C2CCCN(C(=O)Nc3ccccc3F)C2)C1. The first-order valence-corrected chi connectivity index (χ1v) is 8.89. The number of likely N-dealkylation sites (tertiary alicyclic amines) is 2. The zero-order valence-corrected chi connectivity index (χ0v) is 14.3. The van der Waals surface area contributed by atoms with Gasteiger partial charge in [0, 0.05) is 32.2 Å².